The number of aromatic nitrogens is 3. The Morgan fingerprint density at radius 2 is 1.95 bits per heavy atom. The van der Waals surface area contributed by atoms with Gasteiger partial charge in [-0.3, -0.25) is 4.98 Å². The summed E-state index contributed by atoms with van der Waals surface area (Å²) in [5.74, 6) is 0.672. The van der Waals surface area contributed by atoms with Crippen LogP contribution in [0.25, 0.3) is 22.0 Å². The van der Waals surface area contributed by atoms with Gasteiger partial charge in [-0.05, 0) is 24.3 Å². The Kier molecular flexibility index (Phi) is 3.77. The van der Waals surface area contributed by atoms with Gasteiger partial charge in [-0.1, -0.05) is 31.2 Å². The lowest BCUT2D eigenvalue weighted by Gasteiger charge is -2.10. The molecule has 3 aromatic rings. The molecule has 0 atom stereocenters. The highest BCUT2D eigenvalue weighted by atomic mass is 15.1. The second kappa shape index (κ2) is 5.87. The standard InChI is InChI=1S/C17H18N4/c1-3-8-19-17-20-9-12(2)16(21-17)15-11-18-10-13-6-4-5-7-14(13)15/h4-7,9-11H,3,8H2,1-2H3,(H,19,20,21). The number of hydrogen-bond acceptors (Lipinski definition) is 4. The highest BCUT2D eigenvalue weighted by Crippen LogP contribution is 2.28. The Hall–Kier alpha value is -2.49. The van der Waals surface area contributed by atoms with Gasteiger partial charge in [-0.2, -0.15) is 0 Å². The molecule has 4 nitrogen and oxygen atoms in total. The molecule has 2 aromatic heterocycles. The van der Waals surface area contributed by atoms with E-state index in [1.54, 1.807) is 0 Å². The number of aryl methyl sites for hydroxylation is 1. The molecular weight excluding hydrogens is 260 g/mol. The summed E-state index contributed by atoms with van der Waals surface area (Å²) in [5.41, 5.74) is 3.04. The van der Waals surface area contributed by atoms with Crippen LogP contribution < -0.4 is 5.32 Å². The molecule has 0 bridgehead atoms. The Bertz CT molecular complexity index is 762. The molecule has 21 heavy (non-hydrogen) atoms. The second-order valence-corrected chi connectivity index (χ2v) is 5.06. The second-order valence-electron chi connectivity index (χ2n) is 5.06. The van der Waals surface area contributed by atoms with E-state index in [4.69, 9.17) is 0 Å². The number of hydrogen-bond donors (Lipinski definition) is 1. The van der Waals surface area contributed by atoms with E-state index in [-0.39, 0.29) is 0 Å². The van der Waals surface area contributed by atoms with Crippen molar-refractivity contribution in [3.63, 3.8) is 0 Å². The highest BCUT2D eigenvalue weighted by Gasteiger charge is 2.10. The van der Waals surface area contributed by atoms with Crippen LogP contribution in [-0.2, 0) is 0 Å². The molecule has 3 rings (SSSR count). The SMILES string of the molecule is CCCNc1ncc(C)c(-c2cncc3ccccc23)n1. The molecule has 0 spiro atoms. The molecule has 1 N–H and O–H groups in total. The minimum atomic E-state index is 0.672. The fraction of sp³-hybridized carbons (Fsp3) is 0.235. The van der Waals surface area contributed by atoms with Crippen molar-refractivity contribution in [2.75, 3.05) is 11.9 Å². The number of anilines is 1. The smallest absolute Gasteiger partial charge is 0.223 e. The van der Waals surface area contributed by atoms with Gasteiger partial charge in [0.1, 0.15) is 0 Å². The molecule has 1 aromatic carbocycles. The van der Waals surface area contributed by atoms with Crippen molar-refractivity contribution in [3.05, 3.63) is 48.4 Å². The molecule has 0 radical (unpaired) electrons. The fourth-order valence-corrected chi connectivity index (χ4v) is 2.34. The van der Waals surface area contributed by atoms with Crippen LogP contribution >= 0.6 is 0 Å². The van der Waals surface area contributed by atoms with Crippen molar-refractivity contribution in [1.82, 2.24) is 15.0 Å². The number of nitrogens with one attached hydrogen (secondary N) is 1. The number of fused-ring (bicyclic) bond motifs is 1. The van der Waals surface area contributed by atoms with Gasteiger partial charge in [0.15, 0.2) is 0 Å². The summed E-state index contributed by atoms with van der Waals surface area (Å²) in [7, 11) is 0. The van der Waals surface area contributed by atoms with Crippen molar-refractivity contribution in [3.8, 4) is 11.3 Å². The van der Waals surface area contributed by atoms with Crippen molar-refractivity contribution >= 4 is 16.7 Å². The molecule has 0 aliphatic rings. The predicted octanol–water partition coefficient (Wildman–Crippen LogP) is 3.82. The maximum absolute atomic E-state index is 4.67. The lowest BCUT2D eigenvalue weighted by Crippen LogP contribution is -2.05. The minimum Gasteiger partial charge on any atom is -0.354 e. The van der Waals surface area contributed by atoms with Crippen LogP contribution in [-0.4, -0.2) is 21.5 Å². The molecule has 0 aliphatic heterocycles. The van der Waals surface area contributed by atoms with E-state index in [0.29, 0.717) is 5.95 Å². The average molecular weight is 278 g/mol. The summed E-state index contributed by atoms with van der Waals surface area (Å²) >= 11 is 0. The quantitative estimate of drug-likeness (QED) is 0.788. The third kappa shape index (κ3) is 2.70. The van der Waals surface area contributed by atoms with Gasteiger partial charge in [-0.25, -0.2) is 9.97 Å². The van der Waals surface area contributed by atoms with Gasteiger partial charge in [-0.15, -0.1) is 0 Å². The fourth-order valence-electron chi connectivity index (χ4n) is 2.34. The van der Waals surface area contributed by atoms with E-state index >= 15 is 0 Å². The van der Waals surface area contributed by atoms with Gasteiger partial charge in [0, 0.05) is 36.1 Å². The van der Waals surface area contributed by atoms with Crippen LogP contribution in [0.5, 0.6) is 0 Å². The normalized spacial score (nSPS) is 10.8. The van der Waals surface area contributed by atoms with Gasteiger partial charge in [0.2, 0.25) is 5.95 Å². The molecular formula is C17H18N4. The highest BCUT2D eigenvalue weighted by molar-refractivity contribution is 5.95. The van der Waals surface area contributed by atoms with Crippen LogP contribution in [0.3, 0.4) is 0 Å². The van der Waals surface area contributed by atoms with E-state index in [2.05, 4.69) is 39.3 Å². The molecule has 0 unspecified atom stereocenters. The van der Waals surface area contributed by atoms with E-state index in [0.717, 1.165) is 40.6 Å². The van der Waals surface area contributed by atoms with Crippen molar-refractivity contribution in [2.24, 2.45) is 0 Å². The molecule has 0 saturated heterocycles. The summed E-state index contributed by atoms with van der Waals surface area (Å²) in [6.45, 7) is 5.02. The third-order valence-corrected chi connectivity index (χ3v) is 3.43. The molecule has 2 heterocycles. The Labute approximate surface area is 124 Å². The molecule has 0 amide bonds. The molecule has 0 aliphatic carbocycles. The maximum atomic E-state index is 4.67. The minimum absolute atomic E-state index is 0.672. The Morgan fingerprint density at radius 3 is 2.81 bits per heavy atom. The summed E-state index contributed by atoms with van der Waals surface area (Å²) < 4.78 is 0. The van der Waals surface area contributed by atoms with Crippen LogP contribution in [0.2, 0.25) is 0 Å². The monoisotopic (exact) mass is 278 g/mol. The van der Waals surface area contributed by atoms with Crippen LogP contribution in [0.15, 0.2) is 42.9 Å². The van der Waals surface area contributed by atoms with Gasteiger partial charge in [0.25, 0.3) is 0 Å². The number of benzene rings is 1. The van der Waals surface area contributed by atoms with E-state index < -0.39 is 0 Å². The zero-order chi connectivity index (χ0) is 14.7. The predicted molar refractivity (Wildman–Crippen MR) is 86.3 cm³/mol. The average Bonchev–Trinajstić information content (AvgIpc) is 2.54. The summed E-state index contributed by atoms with van der Waals surface area (Å²) in [5, 5.41) is 5.52. The first kappa shape index (κ1) is 13.5. The van der Waals surface area contributed by atoms with Crippen LogP contribution in [0.4, 0.5) is 5.95 Å². The molecule has 0 saturated carbocycles. The largest absolute Gasteiger partial charge is 0.354 e. The molecule has 106 valence electrons. The van der Waals surface area contributed by atoms with Gasteiger partial charge < -0.3 is 5.32 Å². The Balaban J connectivity index is 2.13. The zero-order valence-electron chi connectivity index (χ0n) is 12.3. The first-order valence-electron chi connectivity index (χ1n) is 7.20. The van der Waals surface area contributed by atoms with E-state index in [9.17, 15) is 0 Å². The van der Waals surface area contributed by atoms with E-state index in [1.165, 1.54) is 0 Å². The van der Waals surface area contributed by atoms with Crippen LogP contribution in [0.1, 0.15) is 18.9 Å². The molecule has 0 fully saturated rings. The first-order chi connectivity index (χ1) is 10.3. The van der Waals surface area contributed by atoms with Crippen molar-refractivity contribution in [2.45, 2.75) is 20.3 Å². The lowest BCUT2D eigenvalue weighted by atomic mass is 10.0. The molecule has 4 heteroatoms. The summed E-state index contributed by atoms with van der Waals surface area (Å²) in [6.07, 6.45) is 6.66. The third-order valence-electron chi connectivity index (χ3n) is 3.43. The van der Waals surface area contributed by atoms with Gasteiger partial charge in [0.05, 0.1) is 5.69 Å². The number of pyridine rings is 1. The zero-order valence-corrected chi connectivity index (χ0v) is 12.3. The maximum Gasteiger partial charge on any atom is 0.223 e. The van der Waals surface area contributed by atoms with Crippen molar-refractivity contribution in [1.29, 1.82) is 0 Å². The van der Waals surface area contributed by atoms with Crippen LogP contribution in [0, 0.1) is 6.92 Å². The first-order valence-corrected chi connectivity index (χ1v) is 7.20. The van der Waals surface area contributed by atoms with Gasteiger partial charge >= 0.3 is 0 Å². The van der Waals surface area contributed by atoms with Crippen molar-refractivity contribution < 1.29 is 0 Å². The number of nitrogens with zero attached hydrogens (tertiary/aromatic N) is 3. The summed E-state index contributed by atoms with van der Waals surface area (Å²) in [6, 6.07) is 8.24. The lowest BCUT2D eigenvalue weighted by molar-refractivity contribution is 0.951. The van der Waals surface area contributed by atoms with E-state index in [1.807, 2.05) is 37.6 Å². The number of rotatable bonds is 4. The summed E-state index contributed by atoms with van der Waals surface area (Å²) in [4.78, 5) is 13.3. The Morgan fingerprint density at radius 1 is 1.10 bits per heavy atom. The topological polar surface area (TPSA) is 50.7 Å².